The quantitative estimate of drug-likeness (QED) is 0.881. The van der Waals surface area contributed by atoms with E-state index in [0.717, 1.165) is 18.9 Å². The number of carbonyl (C=O) groups excluding carboxylic acids is 1. The Bertz CT molecular complexity index is 630. The van der Waals surface area contributed by atoms with Gasteiger partial charge in [-0.1, -0.05) is 31.0 Å². The van der Waals surface area contributed by atoms with Crippen molar-refractivity contribution in [3.8, 4) is 0 Å². The molecule has 1 amide bonds. The van der Waals surface area contributed by atoms with E-state index in [-0.39, 0.29) is 5.56 Å². The lowest BCUT2D eigenvalue weighted by atomic mass is 9.73. The number of carboxylic acids is 1. The predicted octanol–water partition coefficient (Wildman–Crippen LogP) is 3.40. The molecule has 1 aliphatic rings. The van der Waals surface area contributed by atoms with Crippen LogP contribution in [0.2, 0.25) is 0 Å². The molecule has 1 aromatic carbocycles. The van der Waals surface area contributed by atoms with Crippen molar-refractivity contribution in [1.82, 2.24) is 5.32 Å². The molecule has 2 atom stereocenters. The lowest BCUT2D eigenvalue weighted by Gasteiger charge is -2.39. The van der Waals surface area contributed by atoms with Crippen molar-refractivity contribution in [2.75, 3.05) is 0 Å². The van der Waals surface area contributed by atoms with E-state index in [1.165, 1.54) is 18.2 Å². The van der Waals surface area contributed by atoms with E-state index in [0.29, 0.717) is 12.8 Å². The fourth-order valence-electron chi connectivity index (χ4n) is 3.37. The van der Waals surface area contributed by atoms with Crippen LogP contribution < -0.4 is 5.32 Å². The van der Waals surface area contributed by atoms with E-state index in [9.17, 15) is 27.9 Å². The Morgan fingerprint density at radius 3 is 2.58 bits per heavy atom. The number of amides is 1. The number of carbonyl (C=O) groups is 2. The zero-order chi connectivity index (χ0) is 18.0. The predicted molar refractivity (Wildman–Crippen MR) is 81.3 cm³/mol. The standard InChI is InChI=1S/C17H20F3NO3/c1-16(9-5-4-8-13(16)15(23)24)21-14(22)10-11-6-2-3-7-12(11)17(18,19)20/h2-3,6-7,13H,4-5,8-10H2,1H3,(H,21,22)(H,23,24). The summed E-state index contributed by atoms with van der Waals surface area (Å²) in [6.07, 6.45) is -2.48. The van der Waals surface area contributed by atoms with Crippen LogP contribution in [0, 0.1) is 5.92 Å². The molecule has 2 unspecified atom stereocenters. The zero-order valence-electron chi connectivity index (χ0n) is 13.3. The first-order valence-corrected chi connectivity index (χ1v) is 7.82. The molecule has 0 spiro atoms. The molecule has 1 aliphatic carbocycles. The SMILES string of the molecule is CC1(NC(=O)Cc2ccccc2C(F)(F)F)CCCCC1C(=O)O. The van der Waals surface area contributed by atoms with Gasteiger partial charge < -0.3 is 10.4 Å². The van der Waals surface area contributed by atoms with Crippen LogP contribution in [0.3, 0.4) is 0 Å². The van der Waals surface area contributed by atoms with Crippen LogP contribution in [0.25, 0.3) is 0 Å². The van der Waals surface area contributed by atoms with E-state index < -0.39 is 41.5 Å². The van der Waals surface area contributed by atoms with Crippen molar-refractivity contribution in [1.29, 1.82) is 0 Å². The Labute approximate surface area is 138 Å². The van der Waals surface area contributed by atoms with Crippen LogP contribution in [-0.2, 0) is 22.2 Å². The molecule has 0 heterocycles. The van der Waals surface area contributed by atoms with Gasteiger partial charge in [0.2, 0.25) is 5.91 Å². The van der Waals surface area contributed by atoms with Crippen LogP contribution in [0.15, 0.2) is 24.3 Å². The maximum atomic E-state index is 13.0. The fourth-order valence-corrected chi connectivity index (χ4v) is 3.37. The molecule has 1 fully saturated rings. The van der Waals surface area contributed by atoms with E-state index >= 15 is 0 Å². The smallest absolute Gasteiger partial charge is 0.416 e. The summed E-state index contributed by atoms with van der Waals surface area (Å²) in [5, 5.41) is 12.0. The molecule has 0 bridgehead atoms. The second-order valence-corrected chi connectivity index (χ2v) is 6.43. The van der Waals surface area contributed by atoms with Crippen molar-refractivity contribution < 1.29 is 27.9 Å². The summed E-state index contributed by atoms with van der Waals surface area (Å²) < 4.78 is 39.0. The Hall–Kier alpha value is -2.05. The van der Waals surface area contributed by atoms with Crippen LogP contribution in [0.5, 0.6) is 0 Å². The number of hydrogen-bond acceptors (Lipinski definition) is 2. The summed E-state index contributed by atoms with van der Waals surface area (Å²) in [5.41, 5.74) is -1.90. The van der Waals surface area contributed by atoms with Gasteiger partial charge in [0.25, 0.3) is 0 Å². The molecule has 0 aliphatic heterocycles. The Kier molecular flexibility index (Phi) is 5.20. The van der Waals surface area contributed by atoms with Crippen LogP contribution in [0.4, 0.5) is 13.2 Å². The van der Waals surface area contributed by atoms with Gasteiger partial charge in [-0.15, -0.1) is 0 Å². The summed E-state index contributed by atoms with van der Waals surface area (Å²) in [5.74, 6) is -2.32. The number of carboxylic acid groups (broad SMARTS) is 1. The molecule has 0 radical (unpaired) electrons. The van der Waals surface area contributed by atoms with Gasteiger partial charge in [-0.25, -0.2) is 0 Å². The second-order valence-electron chi connectivity index (χ2n) is 6.43. The number of alkyl halides is 3. The number of aliphatic carboxylic acids is 1. The van der Waals surface area contributed by atoms with Gasteiger partial charge in [0.15, 0.2) is 0 Å². The number of hydrogen-bond donors (Lipinski definition) is 2. The second kappa shape index (κ2) is 6.83. The average Bonchev–Trinajstić information content (AvgIpc) is 2.46. The van der Waals surface area contributed by atoms with Gasteiger partial charge in [0.1, 0.15) is 0 Å². The topological polar surface area (TPSA) is 66.4 Å². The van der Waals surface area contributed by atoms with Crippen molar-refractivity contribution in [2.24, 2.45) is 5.92 Å². The summed E-state index contributed by atoms with van der Waals surface area (Å²) in [6.45, 7) is 1.65. The molecule has 0 saturated heterocycles. The molecule has 2 N–H and O–H groups in total. The third-order valence-corrected chi connectivity index (χ3v) is 4.60. The van der Waals surface area contributed by atoms with Gasteiger partial charge in [-0.05, 0) is 31.4 Å². The number of nitrogens with one attached hydrogen (secondary N) is 1. The Morgan fingerprint density at radius 1 is 1.29 bits per heavy atom. The summed E-state index contributed by atoms with van der Waals surface area (Å²) in [7, 11) is 0. The molecule has 1 aromatic rings. The lowest BCUT2D eigenvalue weighted by Crippen LogP contribution is -2.55. The van der Waals surface area contributed by atoms with E-state index in [2.05, 4.69) is 5.32 Å². The molecule has 132 valence electrons. The lowest BCUT2D eigenvalue weighted by molar-refractivity contribution is -0.146. The Balaban J connectivity index is 2.15. The highest BCUT2D eigenvalue weighted by Crippen LogP contribution is 2.35. The Morgan fingerprint density at radius 2 is 1.96 bits per heavy atom. The highest BCUT2D eigenvalue weighted by Gasteiger charge is 2.42. The first-order chi connectivity index (χ1) is 11.1. The van der Waals surface area contributed by atoms with Crippen molar-refractivity contribution in [2.45, 2.75) is 50.7 Å². The molecule has 4 nitrogen and oxygen atoms in total. The minimum Gasteiger partial charge on any atom is -0.481 e. The maximum absolute atomic E-state index is 13.0. The van der Waals surface area contributed by atoms with E-state index in [1.54, 1.807) is 6.92 Å². The largest absolute Gasteiger partial charge is 0.481 e. The van der Waals surface area contributed by atoms with Crippen molar-refractivity contribution in [3.63, 3.8) is 0 Å². The minimum absolute atomic E-state index is 0.117. The van der Waals surface area contributed by atoms with E-state index in [1.807, 2.05) is 0 Å². The molecular weight excluding hydrogens is 323 g/mol. The third-order valence-electron chi connectivity index (χ3n) is 4.60. The van der Waals surface area contributed by atoms with Gasteiger partial charge >= 0.3 is 12.1 Å². The number of benzene rings is 1. The number of rotatable bonds is 4. The molecule has 2 rings (SSSR count). The fraction of sp³-hybridized carbons (Fsp3) is 0.529. The summed E-state index contributed by atoms with van der Waals surface area (Å²) >= 11 is 0. The van der Waals surface area contributed by atoms with Crippen LogP contribution in [0.1, 0.15) is 43.7 Å². The molecule has 24 heavy (non-hydrogen) atoms. The highest BCUT2D eigenvalue weighted by atomic mass is 19.4. The summed E-state index contributed by atoms with van der Waals surface area (Å²) in [4.78, 5) is 23.7. The van der Waals surface area contributed by atoms with Gasteiger partial charge in [-0.2, -0.15) is 13.2 Å². The van der Waals surface area contributed by atoms with Gasteiger partial charge in [-0.3, -0.25) is 9.59 Å². The molecule has 1 saturated carbocycles. The first-order valence-electron chi connectivity index (χ1n) is 7.82. The third kappa shape index (κ3) is 4.07. The van der Waals surface area contributed by atoms with Gasteiger partial charge in [0.05, 0.1) is 23.4 Å². The van der Waals surface area contributed by atoms with E-state index in [4.69, 9.17) is 0 Å². The first kappa shape index (κ1) is 18.3. The maximum Gasteiger partial charge on any atom is 0.416 e. The van der Waals surface area contributed by atoms with Crippen LogP contribution >= 0.6 is 0 Å². The molecular formula is C17H20F3NO3. The molecule has 0 aromatic heterocycles. The van der Waals surface area contributed by atoms with Crippen LogP contribution in [-0.4, -0.2) is 22.5 Å². The molecule has 7 heteroatoms. The summed E-state index contributed by atoms with van der Waals surface area (Å²) in [6, 6.07) is 4.92. The van der Waals surface area contributed by atoms with Crippen molar-refractivity contribution >= 4 is 11.9 Å². The zero-order valence-corrected chi connectivity index (χ0v) is 13.3. The minimum atomic E-state index is -4.53. The number of halogens is 3. The normalized spacial score (nSPS) is 24.4. The monoisotopic (exact) mass is 343 g/mol. The average molecular weight is 343 g/mol. The van der Waals surface area contributed by atoms with Crippen molar-refractivity contribution in [3.05, 3.63) is 35.4 Å². The van der Waals surface area contributed by atoms with Gasteiger partial charge in [0, 0.05) is 0 Å². The highest BCUT2D eigenvalue weighted by molar-refractivity contribution is 5.81.